The molecule has 0 aliphatic carbocycles. The summed E-state index contributed by atoms with van der Waals surface area (Å²) < 4.78 is 40.8. The van der Waals surface area contributed by atoms with Crippen molar-refractivity contribution in [3.63, 3.8) is 0 Å². The Morgan fingerprint density at radius 2 is 2.05 bits per heavy atom. The number of halogens is 1. The van der Waals surface area contributed by atoms with Crippen LogP contribution in [0, 0.1) is 12.7 Å². The van der Waals surface area contributed by atoms with Crippen LogP contribution in [-0.2, 0) is 10.0 Å². The molecule has 1 aromatic rings. The zero-order chi connectivity index (χ0) is 15.5. The molecule has 0 saturated carbocycles. The van der Waals surface area contributed by atoms with E-state index >= 15 is 0 Å². The number of nitrogen functional groups attached to an aromatic ring is 1. The molecule has 1 aliphatic heterocycles. The molecule has 0 spiro atoms. The van der Waals surface area contributed by atoms with Crippen LogP contribution in [0.4, 0.5) is 10.1 Å². The van der Waals surface area contributed by atoms with Crippen LogP contribution < -0.4 is 10.5 Å². The molecule has 8 heteroatoms. The van der Waals surface area contributed by atoms with Crippen LogP contribution in [0.5, 0.6) is 0 Å². The first-order chi connectivity index (χ1) is 9.90. The van der Waals surface area contributed by atoms with Gasteiger partial charge in [-0.2, -0.15) is 11.8 Å². The lowest BCUT2D eigenvalue weighted by molar-refractivity contribution is 0.307. The summed E-state index contributed by atoms with van der Waals surface area (Å²) in [6.07, 6.45) is 0. The number of hydrogen-bond acceptors (Lipinski definition) is 5. The average Bonchev–Trinajstić information content (AvgIpc) is 2.43. The van der Waals surface area contributed by atoms with Crippen molar-refractivity contribution >= 4 is 27.5 Å². The zero-order valence-corrected chi connectivity index (χ0v) is 13.6. The van der Waals surface area contributed by atoms with E-state index in [1.807, 2.05) is 11.8 Å². The van der Waals surface area contributed by atoms with Crippen molar-refractivity contribution < 1.29 is 12.8 Å². The van der Waals surface area contributed by atoms with Gasteiger partial charge < -0.3 is 10.6 Å². The minimum absolute atomic E-state index is 0.225. The molecule has 1 aromatic carbocycles. The largest absolute Gasteiger partial charge is 0.399 e. The van der Waals surface area contributed by atoms with Gasteiger partial charge in [0.05, 0.1) is 0 Å². The SMILES string of the molecule is Cc1cc(N)cc(S(=O)(=O)NCCN2CCSCC2)c1F. The van der Waals surface area contributed by atoms with Gasteiger partial charge in [-0.1, -0.05) is 0 Å². The van der Waals surface area contributed by atoms with Crippen molar-refractivity contribution in [3.05, 3.63) is 23.5 Å². The van der Waals surface area contributed by atoms with E-state index in [1.165, 1.54) is 13.0 Å². The normalized spacial score (nSPS) is 17.0. The van der Waals surface area contributed by atoms with Gasteiger partial charge in [-0.3, -0.25) is 0 Å². The van der Waals surface area contributed by atoms with Crippen molar-refractivity contribution in [1.82, 2.24) is 9.62 Å². The predicted octanol–water partition coefficient (Wildman–Crippen LogP) is 1.04. The van der Waals surface area contributed by atoms with Crippen molar-refractivity contribution in [2.24, 2.45) is 0 Å². The Kier molecular flexibility index (Phi) is 5.48. The van der Waals surface area contributed by atoms with Gasteiger partial charge in [0.25, 0.3) is 0 Å². The first-order valence-corrected chi connectivity index (χ1v) is 9.39. The third kappa shape index (κ3) is 4.32. The van der Waals surface area contributed by atoms with Gasteiger partial charge in [0, 0.05) is 43.4 Å². The molecule has 0 amide bonds. The Labute approximate surface area is 129 Å². The van der Waals surface area contributed by atoms with E-state index in [9.17, 15) is 12.8 Å². The zero-order valence-electron chi connectivity index (χ0n) is 11.9. The number of nitrogens with one attached hydrogen (secondary N) is 1. The van der Waals surface area contributed by atoms with Crippen LogP contribution in [0.15, 0.2) is 17.0 Å². The number of aryl methyl sites for hydroxylation is 1. The van der Waals surface area contributed by atoms with Crippen molar-refractivity contribution in [2.45, 2.75) is 11.8 Å². The van der Waals surface area contributed by atoms with Gasteiger partial charge in [0.1, 0.15) is 10.7 Å². The molecule has 1 saturated heterocycles. The third-order valence-corrected chi connectivity index (χ3v) is 5.76. The number of sulfonamides is 1. The Morgan fingerprint density at radius 1 is 1.38 bits per heavy atom. The Hall–Kier alpha value is -0.830. The molecule has 0 radical (unpaired) electrons. The number of benzene rings is 1. The van der Waals surface area contributed by atoms with Gasteiger partial charge in [-0.15, -0.1) is 0 Å². The fraction of sp³-hybridized carbons (Fsp3) is 0.538. The third-order valence-electron chi connectivity index (χ3n) is 3.36. The van der Waals surface area contributed by atoms with Crippen LogP contribution in [0.25, 0.3) is 0 Å². The van der Waals surface area contributed by atoms with Crippen molar-refractivity contribution in [2.75, 3.05) is 43.4 Å². The van der Waals surface area contributed by atoms with Crippen LogP contribution in [0.3, 0.4) is 0 Å². The highest BCUT2D eigenvalue weighted by Crippen LogP contribution is 2.21. The summed E-state index contributed by atoms with van der Waals surface area (Å²) in [7, 11) is -3.87. The quantitative estimate of drug-likeness (QED) is 0.788. The van der Waals surface area contributed by atoms with Crippen LogP contribution in [-0.4, -0.2) is 51.0 Å². The molecule has 21 heavy (non-hydrogen) atoms. The van der Waals surface area contributed by atoms with Gasteiger partial charge in [-0.25, -0.2) is 17.5 Å². The Morgan fingerprint density at radius 3 is 2.71 bits per heavy atom. The summed E-state index contributed by atoms with van der Waals surface area (Å²) in [6.45, 7) is 4.30. The number of thioether (sulfide) groups is 1. The highest BCUT2D eigenvalue weighted by molar-refractivity contribution is 7.99. The average molecular weight is 333 g/mol. The molecule has 1 fully saturated rings. The molecule has 0 bridgehead atoms. The second-order valence-electron chi connectivity index (χ2n) is 5.00. The maximum atomic E-state index is 14.0. The summed E-state index contributed by atoms with van der Waals surface area (Å²) in [5.41, 5.74) is 6.06. The Balaban J connectivity index is 2.01. The fourth-order valence-corrected chi connectivity index (χ4v) is 4.38. The molecule has 5 nitrogen and oxygen atoms in total. The topological polar surface area (TPSA) is 75.4 Å². The van der Waals surface area contributed by atoms with Crippen LogP contribution >= 0.6 is 11.8 Å². The lowest BCUT2D eigenvalue weighted by atomic mass is 10.2. The molecule has 0 aromatic heterocycles. The van der Waals surface area contributed by atoms with E-state index in [0.717, 1.165) is 30.7 Å². The first-order valence-electron chi connectivity index (χ1n) is 6.75. The maximum Gasteiger partial charge on any atom is 0.243 e. The number of hydrogen-bond donors (Lipinski definition) is 2. The minimum Gasteiger partial charge on any atom is -0.399 e. The molecule has 1 heterocycles. The van der Waals surface area contributed by atoms with Crippen LogP contribution in [0.2, 0.25) is 0 Å². The van der Waals surface area contributed by atoms with Gasteiger partial charge in [0.2, 0.25) is 10.0 Å². The van der Waals surface area contributed by atoms with E-state index in [-0.39, 0.29) is 22.7 Å². The summed E-state index contributed by atoms with van der Waals surface area (Å²) >= 11 is 1.90. The second kappa shape index (κ2) is 6.95. The summed E-state index contributed by atoms with van der Waals surface area (Å²) in [5, 5.41) is 0. The van der Waals surface area contributed by atoms with E-state index in [2.05, 4.69) is 9.62 Å². The molecule has 0 atom stereocenters. The lowest BCUT2D eigenvalue weighted by Gasteiger charge is -2.26. The van der Waals surface area contributed by atoms with Crippen LogP contribution in [0.1, 0.15) is 5.56 Å². The molecule has 118 valence electrons. The maximum absolute atomic E-state index is 14.0. The van der Waals surface area contributed by atoms with Crippen molar-refractivity contribution in [3.8, 4) is 0 Å². The summed E-state index contributed by atoms with van der Waals surface area (Å²) in [5.74, 6) is 1.39. The summed E-state index contributed by atoms with van der Waals surface area (Å²) in [6, 6.07) is 2.57. The molecular formula is C13H20FN3O2S2. The number of nitrogens with two attached hydrogens (primary N) is 1. The Bertz CT molecular complexity index is 602. The minimum atomic E-state index is -3.87. The molecular weight excluding hydrogens is 313 g/mol. The molecule has 1 aliphatic rings. The molecule has 2 rings (SSSR count). The highest BCUT2D eigenvalue weighted by Gasteiger charge is 2.21. The first kappa shape index (κ1) is 16.5. The van der Waals surface area contributed by atoms with E-state index < -0.39 is 15.8 Å². The molecule has 3 N–H and O–H groups in total. The number of rotatable bonds is 5. The predicted molar refractivity (Wildman–Crippen MR) is 84.5 cm³/mol. The fourth-order valence-electron chi connectivity index (χ4n) is 2.20. The van der Waals surface area contributed by atoms with Crippen molar-refractivity contribution in [1.29, 1.82) is 0 Å². The van der Waals surface area contributed by atoms with Gasteiger partial charge >= 0.3 is 0 Å². The van der Waals surface area contributed by atoms with Gasteiger partial charge in [0.15, 0.2) is 0 Å². The number of anilines is 1. The van der Waals surface area contributed by atoms with E-state index in [0.29, 0.717) is 6.54 Å². The van der Waals surface area contributed by atoms with Gasteiger partial charge in [-0.05, 0) is 24.6 Å². The van der Waals surface area contributed by atoms with E-state index in [4.69, 9.17) is 5.73 Å². The van der Waals surface area contributed by atoms with E-state index in [1.54, 1.807) is 0 Å². The number of nitrogens with zero attached hydrogens (tertiary/aromatic N) is 1. The monoisotopic (exact) mass is 333 g/mol. The second-order valence-corrected chi connectivity index (χ2v) is 7.96. The standard InChI is InChI=1S/C13H20FN3O2S2/c1-10-8-11(15)9-12(13(10)14)21(18,19)16-2-3-17-4-6-20-7-5-17/h8-9,16H,2-7,15H2,1H3. The lowest BCUT2D eigenvalue weighted by Crippen LogP contribution is -2.39. The highest BCUT2D eigenvalue weighted by atomic mass is 32.2. The summed E-state index contributed by atoms with van der Waals surface area (Å²) in [4.78, 5) is 1.81. The molecule has 0 unspecified atom stereocenters. The smallest absolute Gasteiger partial charge is 0.243 e.